The summed E-state index contributed by atoms with van der Waals surface area (Å²) in [6.07, 6.45) is -3.85. The Morgan fingerprint density at radius 2 is 2.00 bits per heavy atom. The van der Waals surface area contributed by atoms with Gasteiger partial charge < -0.3 is 15.0 Å². The Morgan fingerprint density at radius 3 is 2.50 bits per heavy atom. The molecule has 1 aliphatic rings. The number of carbonyl (C=O) groups excluding carboxylic acids is 1. The number of likely N-dealkylation sites (tertiary alicyclic amines) is 1. The second-order valence-electron chi connectivity index (χ2n) is 4.60. The molecule has 20 heavy (non-hydrogen) atoms. The topological polar surface area (TPSA) is 41.6 Å². The molecule has 1 N–H and O–H groups in total. The highest BCUT2D eigenvalue weighted by molar-refractivity contribution is 5.94. The van der Waals surface area contributed by atoms with Crippen LogP contribution in [0.5, 0.6) is 5.75 Å². The quantitative estimate of drug-likeness (QED) is 0.925. The van der Waals surface area contributed by atoms with Gasteiger partial charge >= 0.3 is 6.36 Å². The van der Waals surface area contributed by atoms with E-state index in [2.05, 4.69) is 10.1 Å². The lowest BCUT2D eigenvalue weighted by Crippen LogP contribution is -2.33. The molecule has 7 heteroatoms. The van der Waals surface area contributed by atoms with Crippen molar-refractivity contribution in [1.29, 1.82) is 0 Å². The summed E-state index contributed by atoms with van der Waals surface area (Å²) >= 11 is 0. The molecule has 1 amide bonds. The first-order chi connectivity index (χ1) is 9.39. The van der Waals surface area contributed by atoms with Crippen LogP contribution in [0, 0.1) is 0 Å². The van der Waals surface area contributed by atoms with E-state index in [1.54, 1.807) is 4.90 Å². The summed E-state index contributed by atoms with van der Waals surface area (Å²) in [7, 11) is 1.84. The van der Waals surface area contributed by atoms with Gasteiger partial charge in [0.15, 0.2) is 0 Å². The Morgan fingerprint density at radius 1 is 1.35 bits per heavy atom. The average molecular weight is 288 g/mol. The van der Waals surface area contributed by atoms with Gasteiger partial charge in [0.2, 0.25) is 0 Å². The Kier molecular flexibility index (Phi) is 4.17. The normalized spacial score (nSPS) is 19.2. The standard InChI is InChI=1S/C13H15F3N2O2/c1-17-10-6-7-18(8-10)12(19)9-2-4-11(5-3-9)20-13(14,15)16/h2-5,10,17H,6-8H2,1H3/t10-/m0/s1. The van der Waals surface area contributed by atoms with Crippen molar-refractivity contribution < 1.29 is 22.7 Å². The van der Waals surface area contributed by atoms with Crippen LogP contribution >= 0.6 is 0 Å². The van der Waals surface area contributed by atoms with Crippen LogP contribution in [0.15, 0.2) is 24.3 Å². The fourth-order valence-corrected chi connectivity index (χ4v) is 2.16. The highest BCUT2D eigenvalue weighted by atomic mass is 19.4. The highest BCUT2D eigenvalue weighted by Crippen LogP contribution is 2.23. The summed E-state index contributed by atoms with van der Waals surface area (Å²) in [5, 5.41) is 3.10. The molecule has 0 aromatic heterocycles. The van der Waals surface area contributed by atoms with Crippen LogP contribution < -0.4 is 10.1 Å². The number of hydrogen-bond acceptors (Lipinski definition) is 3. The molecular weight excluding hydrogens is 273 g/mol. The maximum atomic E-state index is 12.1. The fraction of sp³-hybridized carbons (Fsp3) is 0.462. The molecule has 0 spiro atoms. The van der Waals surface area contributed by atoms with Gasteiger partial charge in [-0.1, -0.05) is 0 Å². The lowest BCUT2D eigenvalue weighted by Gasteiger charge is -2.16. The van der Waals surface area contributed by atoms with E-state index < -0.39 is 6.36 Å². The van der Waals surface area contributed by atoms with Gasteiger partial charge in [-0.15, -0.1) is 13.2 Å². The van der Waals surface area contributed by atoms with Gasteiger partial charge in [0.05, 0.1) is 0 Å². The van der Waals surface area contributed by atoms with Crippen molar-refractivity contribution in [3.8, 4) is 5.75 Å². The molecule has 0 bridgehead atoms. The monoisotopic (exact) mass is 288 g/mol. The third kappa shape index (κ3) is 3.63. The molecule has 1 saturated heterocycles. The van der Waals surface area contributed by atoms with Crippen molar-refractivity contribution in [2.75, 3.05) is 20.1 Å². The number of amides is 1. The molecule has 1 aliphatic heterocycles. The zero-order valence-corrected chi connectivity index (χ0v) is 10.9. The number of hydrogen-bond donors (Lipinski definition) is 1. The van der Waals surface area contributed by atoms with Gasteiger partial charge in [-0.25, -0.2) is 0 Å². The molecule has 1 aromatic rings. The van der Waals surface area contributed by atoms with Crippen LogP contribution in [-0.2, 0) is 0 Å². The van der Waals surface area contributed by atoms with Crippen LogP contribution in [-0.4, -0.2) is 43.3 Å². The van der Waals surface area contributed by atoms with E-state index in [4.69, 9.17) is 0 Å². The fourth-order valence-electron chi connectivity index (χ4n) is 2.16. The number of ether oxygens (including phenoxy) is 1. The van der Waals surface area contributed by atoms with Crippen LogP contribution in [0.2, 0.25) is 0 Å². The molecule has 1 atom stereocenters. The number of nitrogens with zero attached hydrogens (tertiary/aromatic N) is 1. The molecule has 1 heterocycles. The van der Waals surface area contributed by atoms with Gasteiger partial charge in [0.1, 0.15) is 5.75 Å². The van der Waals surface area contributed by atoms with E-state index in [1.807, 2.05) is 7.05 Å². The lowest BCUT2D eigenvalue weighted by atomic mass is 10.2. The summed E-state index contributed by atoms with van der Waals surface area (Å²) in [4.78, 5) is 13.8. The minimum atomic E-state index is -4.72. The van der Waals surface area contributed by atoms with Gasteiger partial charge in [-0.05, 0) is 37.7 Å². The number of nitrogens with one attached hydrogen (secondary N) is 1. The molecule has 0 radical (unpaired) electrons. The molecule has 2 rings (SSSR count). The SMILES string of the molecule is CN[C@H]1CCN(C(=O)c2ccc(OC(F)(F)F)cc2)C1. The summed E-state index contributed by atoms with van der Waals surface area (Å²) < 4.78 is 39.8. The maximum absolute atomic E-state index is 12.1. The minimum Gasteiger partial charge on any atom is -0.406 e. The summed E-state index contributed by atoms with van der Waals surface area (Å²) in [5.41, 5.74) is 0.358. The largest absolute Gasteiger partial charge is 0.573 e. The third-order valence-electron chi connectivity index (χ3n) is 3.22. The predicted octanol–water partition coefficient (Wildman–Crippen LogP) is 2.02. The number of benzene rings is 1. The Hall–Kier alpha value is -1.76. The number of rotatable bonds is 3. The molecule has 1 aromatic carbocycles. The second-order valence-corrected chi connectivity index (χ2v) is 4.60. The van der Waals surface area contributed by atoms with E-state index in [0.717, 1.165) is 18.6 Å². The van der Waals surface area contributed by atoms with E-state index in [1.165, 1.54) is 12.1 Å². The van der Waals surface area contributed by atoms with Gasteiger partial charge in [0.25, 0.3) is 5.91 Å². The van der Waals surface area contributed by atoms with Crippen molar-refractivity contribution in [2.45, 2.75) is 18.8 Å². The van der Waals surface area contributed by atoms with Crippen LogP contribution in [0.4, 0.5) is 13.2 Å². The van der Waals surface area contributed by atoms with Crippen molar-refractivity contribution in [3.63, 3.8) is 0 Å². The molecular formula is C13H15F3N2O2. The third-order valence-corrected chi connectivity index (χ3v) is 3.22. The first-order valence-electron chi connectivity index (χ1n) is 6.21. The first-order valence-corrected chi connectivity index (χ1v) is 6.21. The highest BCUT2D eigenvalue weighted by Gasteiger charge is 2.31. The van der Waals surface area contributed by atoms with Gasteiger partial charge in [-0.3, -0.25) is 4.79 Å². The number of likely N-dealkylation sites (N-methyl/N-ethyl adjacent to an activating group) is 1. The van der Waals surface area contributed by atoms with Crippen molar-refractivity contribution in [2.24, 2.45) is 0 Å². The lowest BCUT2D eigenvalue weighted by molar-refractivity contribution is -0.274. The van der Waals surface area contributed by atoms with Crippen LogP contribution in [0.25, 0.3) is 0 Å². The predicted molar refractivity (Wildman–Crippen MR) is 66.5 cm³/mol. The second kappa shape index (κ2) is 5.70. The van der Waals surface area contributed by atoms with Gasteiger partial charge in [0, 0.05) is 24.7 Å². The zero-order chi connectivity index (χ0) is 14.8. The summed E-state index contributed by atoms with van der Waals surface area (Å²) in [5.74, 6) is -0.509. The van der Waals surface area contributed by atoms with Crippen molar-refractivity contribution in [3.05, 3.63) is 29.8 Å². The smallest absolute Gasteiger partial charge is 0.406 e. The Balaban J connectivity index is 2.01. The Labute approximate surface area is 114 Å². The van der Waals surface area contributed by atoms with Gasteiger partial charge in [-0.2, -0.15) is 0 Å². The number of carbonyl (C=O) groups is 1. The van der Waals surface area contributed by atoms with Crippen LogP contribution in [0.3, 0.4) is 0 Å². The summed E-state index contributed by atoms with van der Waals surface area (Å²) in [6, 6.07) is 5.25. The molecule has 0 unspecified atom stereocenters. The maximum Gasteiger partial charge on any atom is 0.573 e. The minimum absolute atomic E-state index is 0.179. The molecule has 1 fully saturated rings. The molecule has 110 valence electrons. The molecule has 4 nitrogen and oxygen atoms in total. The van der Waals surface area contributed by atoms with E-state index in [-0.39, 0.29) is 17.7 Å². The van der Waals surface area contributed by atoms with Crippen molar-refractivity contribution >= 4 is 5.91 Å². The van der Waals surface area contributed by atoms with Crippen LogP contribution in [0.1, 0.15) is 16.8 Å². The van der Waals surface area contributed by atoms with E-state index in [9.17, 15) is 18.0 Å². The number of alkyl halides is 3. The first kappa shape index (κ1) is 14.6. The van der Waals surface area contributed by atoms with E-state index in [0.29, 0.717) is 18.7 Å². The van der Waals surface area contributed by atoms with Crippen molar-refractivity contribution in [1.82, 2.24) is 10.2 Å². The zero-order valence-electron chi connectivity index (χ0n) is 10.9. The average Bonchev–Trinajstić information content (AvgIpc) is 2.85. The number of halogens is 3. The summed E-state index contributed by atoms with van der Waals surface area (Å²) in [6.45, 7) is 1.25. The molecule has 0 aliphatic carbocycles. The molecule has 0 saturated carbocycles. The van der Waals surface area contributed by atoms with E-state index >= 15 is 0 Å². The Bertz CT molecular complexity index is 473.